The topological polar surface area (TPSA) is 59.3 Å². The Labute approximate surface area is 124 Å². The van der Waals surface area contributed by atoms with Gasteiger partial charge in [-0.05, 0) is 12.1 Å². The molecule has 0 aliphatic heterocycles. The molecule has 0 bridgehead atoms. The average Bonchev–Trinajstić information content (AvgIpc) is 3.02. The second kappa shape index (κ2) is 5.64. The molecule has 0 unspecified atom stereocenters. The molecule has 5 nitrogen and oxygen atoms in total. The SMILES string of the molecule is CC(=O)Nc1nc(CSc2ncc3ccccn23)cs1. The number of amides is 1. The Morgan fingerprint density at radius 2 is 2.40 bits per heavy atom. The molecule has 0 spiro atoms. The first-order chi connectivity index (χ1) is 9.72. The van der Waals surface area contributed by atoms with Gasteiger partial charge < -0.3 is 5.32 Å². The summed E-state index contributed by atoms with van der Waals surface area (Å²) in [5.74, 6) is 0.627. The summed E-state index contributed by atoms with van der Waals surface area (Å²) in [5, 5.41) is 6.22. The van der Waals surface area contributed by atoms with Crippen molar-refractivity contribution in [3.8, 4) is 0 Å². The summed E-state index contributed by atoms with van der Waals surface area (Å²) in [4.78, 5) is 19.7. The van der Waals surface area contributed by atoms with Crippen LogP contribution in [0, 0.1) is 0 Å². The Balaban J connectivity index is 1.70. The van der Waals surface area contributed by atoms with E-state index in [4.69, 9.17) is 0 Å². The van der Waals surface area contributed by atoms with Crippen LogP contribution in [-0.2, 0) is 10.5 Å². The van der Waals surface area contributed by atoms with E-state index in [0.29, 0.717) is 5.13 Å². The van der Waals surface area contributed by atoms with E-state index in [1.54, 1.807) is 11.8 Å². The first-order valence-electron chi connectivity index (χ1n) is 5.99. The number of thiazole rings is 1. The van der Waals surface area contributed by atoms with E-state index in [0.717, 1.165) is 22.1 Å². The molecule has 0 aliphatic carbocycles. The zero-order chi connectivity index (χ0) is 13.9. The Kier molecular flexibility index (Phi) is 3.70. The van der Waals surface area contributed by atoms with Crippen molar-refractivity contribution in [1.29, 1.82) is 0 Å². The number of carbonyl (C=O) groups excluding carboxylic acids is 1. The summed E-state index contributed by atoms with van der Waals surface area (Å²) in [6.07, 6.45) is 3.85. The smallest absolute Gasteiger partial charge is 0.223 e. The van der Waals surface area contributed by atoms with Crippen molar-refractivity contribution in [3.63, 3.8) is 0 Å². The predicted molar refractivity (Wildman–Crippen MR) is 81.2 cm³/mol. The van der Waals surface area contributed by atoms with Crippen LogP contribution in [0.2, 0.25) is 0 Å². The maximum Gasteiger partial charge on any atom is 0.223 e. The van der Waals surface area contributed by atoms with Gasteiger partial charge in [-0.15, -0.1) is 11.3 Å². The van der Waals surface area contributed by atoms with Crippen LogP contribution in [0.4, 0.5) is 5.13 Å². The molecule has 0 aromatic carbocycles. The molecule has 0 saturated heterocycles. The minimum absolute atomic E-state index is 0.0993. The molecule has 0 saturated carbocycles. The Bertz CT molecular complexity index is 750. The molecule has 3 aromatic rings. The standard InChI is InChI=1S/C13H12N4OS2/c1-9(18)15-12-16-10(7-19-12)8-20-13-14-6-11-4-2-3-5-17(11)13/h2-7H,8H2,1H3,(H,15,16,18). The van der Waals surface area contributed by atoms with Crippen molar-refractivity contribution in [1.82, 2.24) is 14.4 Å². The zero-order valence-electron chi connectivity index (χ0n) is 10.7. The highest BCUT2D eigenvalue weighted by Crippen LogP contribution is 2.24. The van der Waals surface area contributed by atoms with Crippen LogP contribution < -0.4 is 5.32 Å². The van der Waals surface area contributed by atoms with Gasteiger partial charge in [0.25, 0.3) is 0 Å². The lowest BCUT2D eigenvalue weighted by atomic mass is 10.4. The normalized spacial score (nSPS) is 10.8. The van der Waals surface area contributed by atoms with Gasteiger partial charge in [-0.1, -0.05) is 17.8 Å². The molecule has 1 N–H and O–H groups in total. The molecule has 0 radical (unpaired) electrons. The largest absolute Gasteiger partial charge is 0.302 e. The van der Waals surface area contributed by atoms with Crippen LogP contribution in [0.1, 0.15) is 12.6 Å². The number of carbonyl (C=O) groups is 1. The van der Waals surface area contributed by atoms with Gasteiger partial charge in [0.2, 0.25) is 5.91 Å². The molecule has 0 fully saturated rings. The number of pyridine rings is 1. The zero-order valence-corrected chi connectivity index (χ0v) is 12.4. The van der Waals surface area contributed by atoms with E-state index in [1.165, 1.54) is 18.3 Å². The fraction of sp³-hybridized carbons (Fsp3) is 0.154. The lowest BCUT2D eigenvalue weighted by molar-refractivity contribution is -0.114. The van der Waals surface area contributed by atoms with Crippen molar-refractivity contribution in [2.24, 2.45) is 0 Å². The van der Waals surface area contributed by atoms with Crippen LogP contribution in [0.5, 0.6) is 0 Å². The van der Waals surface area contributed by atoms with Gasteiger partial charge in [0.1, 0.15) is 0 Å². The minimum Gasteiger partial charge on any atom is -0.302 e. The highest BCUT2D eigenvalue weighted by Gasteiger charge is 2.07. The molecule has 3 aromatic heterocycles. The highest BCUT2D eigenvalue weighted by molar-refractivity contribution is 7.98. The molecular formula is C13H12N4OS2. The summed E-state index contributed by atoms with van der Waals surface area (Å²) >= 11 is 3.06. The Morgan fingerprint density at radius 1 is 1.50 bits per heavy atom. The molecule has 102 valence electrons. The molecule has 0 aliphatic rings. The van der Waals surface area contributed by atoms with Crippen LogP contribution in [0.15, 0.2) is 41.1 Å². The van der Waals surface area contributed by atoms with E-state index < -0.39 is 0 Å². The Morgan fingerprint density at radius 3 is 3.25 bits per heavy atom. The summed E-state index contributed by atoms with van der Waals surface area (Å²) < 4.78 is 2.05. The third kappa shape index (κ3) is 2.83. The number of thioether (sulfide) groups is 1. The van der Waals surface area contributed by atoms with E-state index in [1.807, 2.05) is 40.4 Å². The Hall–Kier alpha value is -1.86. The number of hydrogen-bond acceptors (Lipinski definition) is 5. The second-order valence-electron chi connectivity index (χ2n) is 4.15. The van der Waals surface area contributed by atoms with Crippen molar-refractivity contribution in [2.45, 2.75) is 17.8 Å². The number of nitrogens with one attached hydrogen (secondary N) is 1. The lowest BCUT2D eigenvalue weighted by Crippen LogP contribution is -2.05. The van der Waals surface area contributed by atoms with Gasteiger partial charge in [0.05, 0.1) is 17.4 Å². The molecule has 1 amide bonds. The first-order valence-corrected chi connectivity index (χ1v) is 7.86. The summed E-state index contributed by atoms with van der Waals surface area (Å²) in [7, 11) is 0. The van der Waals surface area contributed by atoms with E-state index in [2.05, 4.69) is 15.3 Å². The first kappa shape index (κ1) is 13.1. The van der Waals surface area contributed by atoms with Gasteiger partial charge in [0.15, 0.2) is 10.3 Å². The third-order valence-corrected chi connectivity index (χ3v) is 4.40. The van der Waals surface area contributed by atoms with Crippen LogP contribution >= 0.6 is 23.1 Å². The number of hydrogen-bond donors (Lipinski definition) is 1. The van der Waals surface area contributed by atoms with Crippen LogP contribution in [0.3, 0.4) is 0 Å². The minimum atomic E-state index is -0.0993. The number of anilines is 1. The van der Waals surface area contributed by atoms with Crippen molar-refractivity contribution in [2.75, 3.05) is 5.32 Å². The van der Waals surface area contributed by atoms with Crippen LogP contribution in [0.25, 0.3) is 5.52 Å². The maximum absolute atomic E-state index is 11.0. The lowest BCUT2D eigenvalue weighted by Gasteiger charge is -1.99. The molecule has 3 heterocycles. The molecular weight excluding hydrogens is 292 g/mol. The molecule has 0 atom stereocenters. The van der Waals surface area contributed by atoms with Gasteiger partial charge in [0, 0.05) is 24.3 Å². The molecule has 3 rings (SSSR count). The number of nitrogens with zero attached hydrogens (tertiary/aromatic N) is 3. The maximum atomic E-state index is 11.0. The molecule has 7 heteroatoms. The number of aromatic nitrogens is 3. The van der Waals surface area contributed by atoms with E-state index in [-0.39, 0.29) is 5.91 Å². The second-order valence-corrected chi connectivity index (χ2v) is 5.95. The van der Waals surface area contributed by atoms with Crippen molar-refractivity contribution < 1.29 is 4.79 Å². The van der Waals surface area contributed by atoms with Gasteiger partial charge in [-0.3, -0.25) is 9.20 Å². The van der Waals surface area contributed by atoms with E-state index >= 15 is 0 Å². The van der Waals surface area contributed by atoms with E-state index in [9.17, 15) is 4.79 Å². The van der Waals surface area contributed by atoms with Crippen LogP contribution in [-0.4, -0.2) is 20.3 Å². The molecule has 20 heavy (non-hydrogen) atoms. The summed E-state index contributed by atoms with van der Waals surface area (Å²) in [5.41, 5.74) is 2.02. The summed E-state index contributed by atoms with van der Waals surface area (Å²) in [6, 6.07) is 6.00. The fourth-order valence-corrected chi connectivity index (χ4v) is 3.47. The predicted octanol–water partition coefficient (Wildman–Crippen LogP) is 3.04. The summed E-state index contributed by atoms with van der Waals surface area (Å²) in [6.45, 7) is 1.48. The quantitative estimate of drug-likeness (QED) is 0.753. The number of imidazole rings is 1. The van der Waals surface area contributed by atoms with Gasteiger partial charge >= 0.3 is 0 Å². The monoisotopic (exact) mass is 304 g/mol. The van der Waals surface area contributed by atoms with Gasteiger partial charge in [-0.25, -0.2) is 9.97 Å². The number of rotatable bonds is 4. The fourth-order valence-electron chi connectivity index (χ4n) is 1.75. The third-order valence-electron chi connectivity index (χ3n) is 2.59. The van der Waals surface area contributed by atoms with Crippen molar-refractivity contribution in [3.05, 3.63) is 41.7 Å². The number of fused-ring (bicyclic) bond motifs is 1. The highest BCUT2D eigenvalue weighted by atomic mass is 32.2. The van der Waals surface area contributed by atoms with Crippen molar-refractivity contribution >= 4 is 39.7 Å². The average molecular weight is 304 g/mol. The van der Waals surface area contributed by atoms with Gasteiger partial charge in [-0.2, -0.15) is 0 Å².